The Morgan fingerprint density at radius 3 is 2.32 bits per heavy atom. The van der Waals surface area contributed by atoms with Crippen molar-refractivity contribution in [2.45, 2.75) is 32.7 Å². The number of nitrogens with zero attached hydrogens (tertiary/aromatic N) is 1. The van der Waals surface area contributed by atoms with E-state index < -0.39 is 0 Å². The summed E-state index contributed by atoms with van der Waals surface area (Å²) in [7, 11) is 0. The second kappa shape index (κ2) is 8.45. The van der Waals surface area contributed by atoms with Gasteiger partial charge in [0.1, 0.15) is 0 Å². The SMILES string of the molecule is Cc1cc(C)cc(NC(=S)NC[C@H](c2ccccc2)N2CCCC2)c1. The van der Waals surface area contributed by atoms with E-state index >= 15 is 0 Å². The summed E-state index contributed by atoms with van der Waals surface area (Å²) in [4.78, 5) is 2.56. The molecule has 1 fully saturated rings. The lowest BCUT2D eigenvalue weighted by atomic mass is 10.1. The molecular weight excluding hydrogens is 326 g/mol. The molecule has 2 aromatic carbocycles. The summed E-state index contributed by atoms with van der Waals surface area (Å²) in [5.41, 5.74) is 4.88. The summed E-state index contributed by atoms with van der Waals surface area (Å²) in [5.74, 6) is 0. The molecule has 3 rings (SSSR count). The first kappa shape index (κ1) is 17.9. The van der Waals surface area contributed by atoms with E-state index in [2.05, 4.69) is 77.9 Å². The number of nitrogens with one attached hydrogen (secondary N) is 2. The zero-order chi connectivity index (χ0) is 17.6. The van der Waals surface area contributed by atoms with E-state index in [0.717, 1.165) is 12.2 Å². The number of benzene rings is 2. The molecule has 0 bridgehead atoms. The first-order valence-electron chi connectivity index (χ1n) is 9.04. The summed E-state index contributed by atoms with van der Waals surface area (Å²) in [6.45, 7) is 7.36. The molecule has 132 valence electrons. The molecule has 2 N–H and O–H groups in total. The maximum absolute atomic E-state index is 5.52. The van der Waals surface area contributed by atoms with E-state index in [-0.39, 0.29) is 0 Å². The standard InChI is InChI=1S/C21H27N3S/c1-16-12-17(2)14-19(13-16)23-21(25)22-15-20(24-10-6-7-11-24)18-8-4-3-5-9-18/h3-5,8-9,12-14,20H,6-7,10-11,15H2,1-2H3,(H2,22,23,25)/t20-/m1/s1. The number of anilines is 1. The minimum absolute atomic E-state index is 0.364. The van der Waals surface area contributed by atoms with Crippen molar-refractivity contribution in [3.8, 4) is 0 Å². The topological polar surface area (TPSA) is 27.3 Å². The Balaban J connectivity index is 1.63. The third kappa shape index (κ3) is 5.03. The molecule has 0 saturated carbocycles. The number of hydrogen-bond acceptors (Lipinski definition) is 2. The molecule has 0 aromatic heterocycles. The highest BCUT2D eigenvalue weighted by atomic mass is 32.1. The molecule has 1 atom stereocenters. The van der Waals surface area contributed by atoms with Crippen molar-refractivity contribution < 1.29 is 0 Å². The quantitative estimate of drug-likeness (QED) is 0.778. The average Bonchev–Trinajstić information content (AvgIpc) is 3.09. The normalized spacial score (nSPS) is 15.8. The number of hydrogen-bond donors (Lipinski definition) is 2. The fourth-order valence-electron chi connectivity index (χ4n) is 3.60. The second-order valence-corrected chi connectivity index (χ2v) is 7.29. The summed E-state index contributed by atoms with van der Waals surface area (Å²) in [5, 5.41) is 7.43. The van der Waals surface area contributed by atoms with Gasteiger partial charge >= 0.3 is 0 Å². The van der Waals surface area contributed by atoms with Gasteiger partial charge in [0.25, 0.3) is 0 Å². The average molecular weight is 354 g/mol. The number of likely N-dealkylation sites (tertiary alicyclic amines) is 1. The van der Waals surface area contributed by atoms with Gasteiger partial charge in [-0.1, -0.05) is 36.4 Å². The third-order valence-electron chi connectivity index (χ3n) is 4.70. The van der Waals surface area contributed by atoms with Crippen LogP contribution in [-0.2, 0) is 0 Å². The highest BCUT2D eigenvalue weighted by molar-refractivity contribution is 7.80. The Labute approximate surface area is 156 Å². The van der Waals surface area contributed by atoms with Gasteiger partial charge < -0.3 is 10.6 Å². The van der Waals surface area contributed by atoms with E-state index in [9.17, 15) is 0 Å². The third-order valence-corrected chi connectivity index (χ3v) is 4.95. The predicted molar refractivity (Wildman–Crippen MR) is 110 cm³/mol. The Hall–Kier alpha value is -1.91. The molecule has 0 spiro atoms. The van der Waals surface area contributed by atoms with Crippen molar-refractivity contribution in [1.29, 1.82) is 0 Å². The van der Waals surface area contributed by atoms with E-state index in [4.69, 9.17) is 12.2 Å². The summed E-state index contributed by atoms with van der Waals surface area (Å²) in [6.07, 6.45) is 2.57. The lowest BCUT2D eigenvalue weighted by Gasteiger charge is -2.28. The maximum Gasteiger partial charge on any atom is 0.170 e. The molecule has 2 aromatic rings. The highest BCUT2D eigenvalue weighted by Crippen LogP contribution is 2.24. The van der Waals surface area contributed by atoms with E-state index in [1.807, 2.05) is 0 Å². The minimum atomic E-state index is 0.364. The summed E-state index contributed by atoms with van der Waals surface area (Å²) in [6, 6.07) is 17.5. The van der Waals surface area contributed by atoms with E-state index in [1.165, 1.54) is 42.6 Å². The smallest absolute Gasteiger partial charge is 0.170 e. The molecule has 1 aliphatic rings. The van der Waals surface area contributed by atoms with Gasteiger partial charge in [0.15, 0.2) is 5.11 Å². The van der Waals surface area contributed by atoms with Crippen LogP contribution < -0.4 is 10.6 Å². The van der Waals surface area contributed by atoms with Crippen LogP contribution in [-0.4, -0.2) is 29.6 Å². The largest absolute Gasteiger partial charge is 0.361 e. The zero-order valence-corrected chi connectivity index (χ0v) is 15.9. The summed E-state index contributed by atoms with van der Waals surface area (Å²) >= 11 is 5.52. The number of aryl methyl sites for hydroxylation is 2. The van der Waals surface area contributed by atoms with Crippen molar-refractivity contribution in [3.05, 3.63) is 65.2 Å². The molecule has 0 aliphatic carbocycles. The van der Waals surface area contributed by atoms with Crippen LogP contribution in [0.25, 0.3) is 0 Å². The monoisotopic (exact) mass is 353 g/mol. The highest BCUT2D eigenvalue weighted by Gasteiger charge is 2.23. The van der Waals surface area contributed by atoms with Crippen LogP contribution in [0.2, 0.25) is 0 Å². The maximum atomic E-state index is 5.52. The molecule has 1 aliphatic heterocycles. The van der Waals surface area contributed by atoms with Crippen molar-refractivity contribution in [2.75, 3.05) is 25.0 Å². The first-order chi connectivity index (χ1) is 12.1. The van der Waals surface area contributed by atoms with Gasteiger partial charge in [0.2, 0.25) is 0 Å². The Morgan fingerprint density at radius 2 is 1.68 bits per heavy atom. The molecule has 4 heteroatoms. The van der Waals surface area contributed by atoms with E-state index in [0.29, 0.717) is 11.2 Å². The van der Waals surface area contributed by atoms with Gasteiger partial charge in [0, 0.05) is 12.2 Å². The van der Waals surface area contributed by atoms with Crippen molar-refractivity contribution in [3.63, 3.8) is 0 Å². The molecular formula is C21H27N3S. The van der Waals surface area contributed by atoms with Crippen LogP contribution in [0.5, 0.6) is 0 Å². The van der Waals surface area contributed by atoms with Gasteiger partial charge in [-0.25, -0.2) is 0 Å². The van der Waals surface area contributed by atoms with Crippen LogP contribution in [0, 0.1) is 13.8 Å². The van der Waals surface area contributed by atoms with Gasteiger partial charge in [-0.3, -0.25) is 4.90 Å². The minimum Gasteiger partial charge on any atom is -0.361 e. The second-order valence-electron chi connectivity index (χ2n) is 6.88. The van der Waals surface area contributed by atoms with E-state index in [1.54, 1.807) is 0 Å². The van der Waals surface area contributed by atoms with Crippen molar-refractivity contribution in [2.24, 2.45) is 0 Å². The molecule has 0 amide bonds. The zero-order valence-electron chi connectivity index (χ0n) is 15.1. The molecule has 3 nitrogen and oxygen atoms in total. The van der Waals surface area contributed by atoms with Crippen molar-refractivity contribution >= 4 is 23.0 Å². The fourth-order valence-corrected chi connectivity index (χ4v) is 3.80. The lowest BCUT2D eigenvalue weighted by Crippen LogP contribution is -2.38. The molecule has 0 radical (unpaired) electrons. The Bertz CT molecular complexity index is 688. The molecule has 1 heterocycles. The molecule has 0 unspecified atom stereocenters. The van der Waals surface area contributed by atoms with Gasteiger partial charge in [-0.2, -0.15) is 0 Å². The van der Waals surface area contributed by atoms with Crippen LogP contribution in [0.3, 0.4) is 0 Å². The first-order valence-corrected chi connectivity index (χ1v) is 9.45. The van der Waals surface area contributed by atoms with Crippen LogP contribution in [0.1, 0.15) is 35.6 Å². The number of thiocarbonyl (C=S) groups is 1. The summed E-state index contributed by atoms with van der Waals surface area (Å²) < 4.78 is 0. The Kier molecular flexibility index (Phi) is 6.05. The van der Waals surface area contributed by atoms with Gasteiger partial charge in [0.05, 0.1) is 6.04 Å². The van der Waals surface area contributed by atoms with Crippen LogP contribution >= 0.6 is 12.2 Å². The van der Waals surface area contributed by atoms with Crippen LogP contribution in [0.4, 0.5) is 5.69 Å². The fraction of sp³-hybridized carbons (Fsp3) is 0.381. The lowest BCUT2D eigenvalue weighted by molar-refractivity contribution is 0.246. The van der Waals surface area contributed by atoms with Gasteiger partial charge in [-0.05, 0) is 80.8 Å². The van der Waals surface area contributed by atoms with Gasteiger partial charge in [-0.15, -0.1) is 0 Å². The number of rotatable bonds is 5. The Morgan fingerprint density at radius 1 is 1.04 bits per heavy atom. The molecule has 1 saturated heterocycles. The van der Waals surface area contributed by atoms with Crippen molar-refractivity contribution in [1.82, 2.24) is 10.2 Å². The molecule has 25 heavy (non-hydrogen) atoms. The predicted octanol–water partition coefficient (Wildman–Crippen LogP) is 4.43. The van der Waals surface area contributed by atoms with Crippen LogP contribution in [0.15, 0.2) is 48.5 Å².